The van der Waals surface area contributed by atoms with E-state index in [4.69, 9.17) is 6.30 Å². The molecule has 0 amide bonds. The summed E-state index contributed by atoms with van der Waals surface area (Å²) in [7, 11) is -1.52. The van der Waals surface area contributed by atoms with Crippen molar-refractivity contribution in [1.82, 2.24) is 5.09 Å². The SMILES string of the molecule is C=P(Cc1ccccc1C)(Cc1ccccc1C)NCCCCCC. The van der Waals surface area contributed by atoms with Crippen LogP contribution in [0.1, 0.15) is 54.9 Å². The van der Waals surface area contributed by atoms with Gasteiger partial charge in [-0.25, -0.2) is 0 Å². The molecule has 0 spiro atoms. The van der Waals surface area contributed by atoms with Crippen molar-refractivity contribution in [3.63, 3.8) is 0 Å². The molecule has 1 nitrogen and oxygen atoms in total. The monoisotopic (exact) mass is 355 g/mol. The fourth-order valence-electron chi connectivity index (χ4n) is 3.26. The lowest BCUT2D eigenvalue weighted by Crippen LogP contribution is -2.16. The Labute approximate surface area is 154 Å². The third kappa shape index (κ3) is 6.49. The Morgan fingerprint density at radius 3 is 1.80 bits per heavy atom. The van der Waals surface area contributed by atoms with E-state index >= 15 is 0 Å². The average molecular weight is 356 g/mol. The molecule has 0 saturated carbocycles. The molecule has 2 heteroatoms. The first kappa shape index (κ1) is 20.0. The van der Waals surface area contributed by atoms with Crippen LogP contribution in [-0.2, 0) is 12.3 Å². The first-order chi connectivity index (χ1) is 12.0. The minimum absolute atomic E-state index is 1.07. The second-order valence-corrected chi connectivity index (χ2v) is 10.5. The van der Waals surface area contributed by atoms with Gasteiger partial charge < -0.3 is 0 Å². The molecule has 2 aromatic rings. The first-order valence-corrected chi connectivity index (χ1v) is 11.9. The molecule has 2 aromatic carbocycles. The van der Waals surface area contributed by atoms with Gasteiger partial charge in [0.15, 0.2) is 0 Å². The quantitative estimate of drug-likeness (QED) is 0.377. The van der Waals surface area contributed by atoms with Gasteiger partial charge in [0.2, 0.25) is 0 Å². The van der Waals surface area contributed by atoms with E-state index in [2.05, 4.69) is 74.4 Å². The van der Waals surface area contributed by atoms with Crippen LogP contribution < -0.4 is 5.09 Å². The topological polar surface area (TPSA) is 12.0 Å². The summed E-state index contributed by atoms with van der Waals surface area (Å²) in [4.78, 5) is 0. The van der Waals surface area contributed by atoms with Gasteiger partial charge >= 0.3 is 0 Å². The van der Waals surface area contributed by atoms with Crippen LogP contribution in [0.2, 0.25) is 0 Å². The zero-order chi connectivity index (χ0) is 18.1. The van der Waals surface area contributed by atoms with Gasteiger partial charge in [0.1, 0.15) is 0 Å². The second kappa shape index (κ2) is 10.00. The molecule has 0 aliphatic rings. The molecule has 0 aliphatic carbocycles. The van der Waals surface area contributed by atoms with Gasteiger partial charge in [0.25, 0.3) is 0 Å². The summed E-state index contributed by atoms with van der Waals surface area (Å²) in [6.45, 7) is 7.79. The lowest BCUT2D eigenvalue weighted by atomic mass is 10.1. The maximum absolute atomic E-state index is 4.76. The van der Waals surface area contributed by atoms with E-state index in [9.17, 15) is 0 Å². The Morgan fingerprint density at radius 1 is 0.800 bits per heavy atom. The molecule has 0 heterocycles. The minimum Gasteiger partial charge on any atom is -0.297 e. The highest BCUT2D eigenvalue weighted by atomic mass is 31.2. The lowest BCUT2D eigenvalue weighted by molar-refractivity contribution is 0.659. The van der Waals surface area contributed by atoms with Crippen molar-refractivity contribution >= 4 is 13.3 Å². The smallest absolute Gasteiger partial charge is 0.00469 e. The Hall–Kier alpha value is -1.30. The molecular formula is C23H34NP. The molecule has 0 saturated heterocycles. The van der Waals surface area contributed by atoms with Gasteiger partial charge in [-0.05, 0) is 56.1 Å². The fourth-order valence-corrected chi connectivity index (χ4v) is 6.24. The van der Waals surface area contributed by atoms with Crippen LogP contribution in [-0.4, -0.2) is 12.8 Å². The summed E-state index contributed by atoms with van der Waals surface area (Å²) in [6.07, 6.45) is 12.1. The normalized spacial score (nSPS) is 11.6. The molecule has 0 aliphatic heterocycles. The van der Waals surface area contributed by atoms with E-state index in [-0.39, 0.29) is 0 Å². The summed E-state index contributed by atoms with van der Waals surface area (Å²) in [5, 5.41) is 3.91. The molecule has 0 atom stereocenters. The number of rotatable bonds is 10. The number of nitrogens with one attached hydrogen (secondary N) is 1. The standard InChI is InChI=1S/C23H34NP/c1-5-6-7-12-17-24-25(4,18-22-15-10-8-13-20(22)2)19-23-16-11-9-14-21(23)3/h8-11,13-16,24H,4-7,12,17-19H2,1-3H3. The Kier molecular flexibility index (Phi) is 8.00. The summed E-state index contributed by atoms with van der Waals surface area (Å²) < 4.78 is 0. The first-order valence-electron chi connectivity index (χ1n) is 9.59. The van der Waals surface area contributed by atoms with Crippen molar-refractivity contribution in [1.29, 1.82) is 0 Å². The van der Waals surface area contributed by atoms with Gasteiger partial charge in [0, 0.05) is 12.3 Å². The average Bonchev–Trinajstić information content (AvgIpc) is 2.59. The molecule has 136 valence electrons. The highest BCUT2D eigenvalue weighted by molar-refractivity contribution is 7.70. The summed E-state index contributed by atoms with van der Waals surface area (Å²) >= 11 is 0. The summed E-state index contributed by atoms with van der Waals surface area (Å²) in [6, 6.07) is 17.5. The number of aryl methyl sites for hydroxylation is 2. The van der Waals surface area contributed by atoms with Crippen LogP contribution in [0.4, 0.5) is 0 Å². The number of benzene rings is 2. The van der Waals surface area contributed by atoms with Crippen molar-refractivity contribution in [2.75, 3.05) is 6.54 Å². The predicted molar refractivity (Wildman–Crippen MR) is 116 cm³/mol. The van der Waals surface area contributed by atoms with E-state index in [1.807, 2.05) is 0 Å². The molecule has 0 radical (unpaired) electrons. The summed E-state index contributed by atoms with van der Waals surface area (Å²) in [5.74, 6) is 0. The van der Waals surface area contributed by atoms with Crippen LogP contribution in [0.25, 0.3) is 0 Å². The highest BCUT2D eigenvalue weighted by Crippen LogP contribution is 2.48. The van der Waals surface area contributed by atoms with Gasteiger partial charge in [-0.3, -0.25) is 5.09 Å². The largest absolute Gasteiger partial charge is 0.297 e. The van der Waals surface area contributed by atoms with Crippen molar-refractivity contribution in [2.45, 2.75) is 58.8 Å². The Morgan fingerprint density at radius 2 is 1.32 bits per heavy atom. The van der Waals surface area contributed by atoms with Crippen molar-refractivity contribution in [3.8, 4) is 0 Å². The molecule has 2 rings (SSSR count). The number of hydrogen-bond acceptors (Lipinski definition) is 1. The molecule has 0 aromatic heterocycles. The van der Waals surface area contributed by atoms with Crippen LogP contribution in [0.5, 0.6) is 0 Å². The zero-order valence-electron chi connectivity index (χ0n) is 16.2. The van der Waals surface area contributed by atoms with Gasteiger partial charge in [-0.2, -0.15) is 0 Å². The molecular weight excluding hydrogens is 321 g/mol. The van der Waals surface area contributed by atoms with Crippen LogP contribution in [0, 0.1) is 13.8 Å². The van der Waals surface area contributed by atoms with Crippen LogP contribution >= 0.6 is 7.04 Å². The summed E-state index contributed by atoms with van der Waals surface area (Å²) in [5.41, 5.74) is 5.65. The van der Waals surface area contributed by atoms with Gasteiger partial charge in [-0.15, -0.1) is 0 Å². The lowest BCUT2D eigenvalue weighted by Gasteiger charge is -2.28. The van der Waals surface area contributed by atoms with Gasteiger partial charge in [0.05, 0.1) is 0 Å². The third-order valence-corrected chi connectivity index (χ3v) is 7.73. The van der Waals surface area contributed by atoms with Gasteiger partial charge in [-0.1, -0.05) is 81.0 Å². The molecule has 0 bridgehead atoms. The molecule has 1 N–H and O–H groups in total. The highest BCUT2D eigenvalue weighted by Gasteiger charge is 2.17. The van der Waals surface area contributed by atoms with Crippen molar-refractivity contribution in [3.05, 3.63) is 70.8 Å². The molecule has 25 heavy (non-hydrogen) atoms. The minimum atomic E-state index is -1.52. The van der Waals surface area contributed by atoms with E-state index in [1.165, 1.54) is 47.9 Å². The molecule has 0 fully saturated rings. The van der Waals surface area contributed by atoms with Crippen molar-refractivity contribution < 1.29 is 0 Å². The van der Waals surface area contributed by atoms with E-state index in [0.29, 0.717) is 0 Å². The van der Waals surface area contributed by atoms with E-state index < -0.39 is 7.04 Å². The van der Waals surface area contributed by atoms with Crippen LogP contribution in [0.15, 0.2) is 48.5 Å². The fraction of sp³-hybridized carbons (Fsp3) is 0.435. The third-order valence-electron chi connectivity index (χ3n) is 4.95. The Bertz CT molecular complexity index is 653. The molecule has 0 unspecified atom stereocenters. The number of hydrogen-bond donors (Lipinski definition) is 1. The van der Waals surface area contributed by atoms with E-state index in [1.54, 1.807) is 0 Å². The van der Waals surface area contributed by atoms with E-state index in [0.717, 1.165) is 18.9 Å². The zero-order valence-corrected chi connectivity index (χ0v) is 17.1. The predicted octanol–water partition coefficient (Wildman–Crippen LogP) is 6.54. The number of unbranched alkanes of at least 4 members (excludes halogenated alkanes) is 3. The van der Waals surface area contributed by atoms with Crippen molar-refractivity contribution in [2.24, 2.45) is 0 Å². The Balaban J connectivity index is 2.14. The maximum atomic E-state index is 4.76. The maximum Gasteiger partial charge on any atom is 0.00469 e. The van der Waals surface area contributed by atoms with Crippen LogP contribution in [0.3, 0.4) is 0 Å². The second-order valence-electron chi connectivity index (χ2n) is 7.28.